The Hall–Kier alpha value is -3.22. The molecule has 5 rings (SSSR count). The third-order valence-corrected chi connectivity index (χ3v) is 6.94. The summed E-state index contributed by atoms with van der Waals surface area (Å²) in [5.41, 5.74) is 4.73. The van der Waals surface area contributed by atoms with Gasteiger partial charge < -0.3 is 9.47 Å². The highest BCUT2D eigenvalue weighted by atomic mass is 19.1. The summed E-state index contributed by atoms with van der Waals surface area (Å²) in [6, 6.07) is 6.29. The molecule has 1 saturated carbocycles. The molecule has 2 atom stereocenters. The van der Waals surface area contributed by atoms with E-state index >= 15 is 0 Å². The average Bonchev–Trinajstić information content (AvgIpc) is 3.13. The van der Waals surface area contributed by atoms with Crippen molar-refractivity contribution >= 4 is 18.0 Å². The maximum absolute atomic E-state index is 13.4. The highest BCUT2D eigenvalue weighted by Crippen LogP contribution is 2.53. The van der Waals surface area contributed by atoms with E-state index in [1.807, 2.05) is 17.0 Å². The zero-order chi connectivity index (χ0) is 23.4. The minimum absolute atomic E-state index is 0.236. The summed E-state index contributed by atoms with van der Waals surface area (Å²) in [5.74, 6) is -2.69. The molecule has 6 nitrogen and oxygen atoms in total. The van der Waals surface area contributed by atoms with Crippen LogP contribution in [-0.2, 0) is 25.5 Å². The molecule has 1 aromatic heterocycles. The Morgan fingerprint density at radius 1 is 1.09 bits per heavy atom. The molecule has 0 amide bonds. The van der Waals surface area contributed by atoms with Crippen LogP contribution in [0.25, 0.3) is 11.8 Å². The number of benzene rings is 1. The Labute approximate surface area is 192 Å². The van der Waals surface area contributed by atoms with E-state index in [-0.39, 0.29) is 35.5 Å². The number of aromatic nitrogens is 2. The smallest absolute Gasteiger partial charge is 0.316 e. The third kappa shape index (κ3) is 3.79. The van der Waals surface area contributed by atoms with Gasteiger partial charge in [0.15, 0.2) is 0 Å². The van der Waals surface area contributed by atoms with E-state index in [0.717, 1.165) is 28.9 Å². The summed E-state index contributed by atoms with van der Waals surface area (Å²) in [7, 11) is 0. The number of ether oxygens (including phenoxy) is 2. The second-order valence-electron chi connectivity index (χ2n) is 9.71. The van der Waals surface area contributed by atoms with Crippen LogP contribution in [0.1, 0.15) is 57.7 Å². The number of nitrogens with zero attached hydrogens (tertiary/aromatic N) is 2. The van der Waals surface area contributed by atoms with Gasteiger partial charge >= 0.3 is 11.9 Å². The molecular formula is C26H27FN2O4. The van der Waals surface area contributed by atoms with Crippen molar-refractivity contribution in [3.63, 3.8) is 0 Å². The second-order valence-corrected chi connectivity index (χ2v) is 9.71. The number of halogens is 1. The Kier molecular flexibility index (Phi) is 5.03. The van der Waals surface area contributed by atoms with Gasteiger partial charge in [0.25, 0.3) is 5.79 Å². The van der Waals surface area contributed by atoms with E-state index in [9.17, 15) is 14.0 Å². The van der Waals surface area contributed by atoms with Crippen LogP contribution < -0.4 is 0 Å². The molecule has 0 bridgehead atoms. The fraction of sp³-hybridized carbons (Fsp3) is 0.423. The van der Waals surface area contributed by atoms with E-state index < -0.39 is 5.79 Å². The standard InChI is InChI=1S/C26H27FN2O4/c1-25(2)32-23(30)6-4-5-21-20(24(31)33-25)12-7-17-13-22-16(14-26(17,21)3)15-28-29(22)19-10-8-18(27)9-11-19/h5,8-11,13,15,20H,4,6-7,12,14H2,1-3H3/b21-5+/t20-,26+/m1/s1. The van der Waals surface area contributed by atoms with Crippen molar-refractivity contribution in [2.24, 2.45) is 11.3 Å². The monoisotopic (exact) mass is 450 g/mol. The van der Waals surface area contributed by atoms with Crippen molar-refractivity contribution in [2.45, 2.75) is 58.7 Å². The summed E-state index contributed by atoms with van der Waals surface area (Å²) in [5, 5.41) is 4.57. The van der Waals surface area contributed by atoms with Crippen LogP contribution in [-0.4, -0.2) is 27.5 Å². The third-order valence-electron chi connectivity index (χ3n) is 6.94. The highest BCUT2D eigenvalue weighted by Gasteiger charge is 2.47. The quantitative estimate of drug-likeness (QED) is 0.456. The first-order valence-electron chi connectivity index (χ1n) is 11.4. The molecule has 172 valence electrons. The minimum Gasteiger partial charge on any atom is -0.423 e. The van der Waals surface area contributed by atoms with E-state index in [1.54, 1.807) is 26.0 Å². The lowest BCUT2D eigenvalue weighted by molar-refractivity contribution is -0.219. The second kappa shape index (κ2) is 7.68. The van der Waals surface area contributed by atoms with E-state index in [2.05, 4.69) is 18.1 Å². The Balaban J connectivity index is 1.54. The molecule has 2 aromatic rings. The number of allylic oxidation sites excluding steroid dienone is 2. The van der Waals surface area contributed by atoms with Crippen LogP contribution in [0.2, 0.25) is 0 Å². The van der Waals surface area contributed by atoms with Gasteiger partial charge in [0.05, 0.1) is 23.5 Å². The normalized spacial score (nSPS) is 28.2. The first-order chi connectivity index (χ1) is 15.7. The molecule has 2 heterocycles. The lowest BCUT2D eigenvalue weighted by atomic mass is 9.59. The molecule has 0 radical (unpaired) electrons. The van der Waals surface area contributed by atoms with Gasteiger partial charge in [0.1, 0.15) is 5.82 Å². The Bertz CT molecular complexity index is 1190. The van der Waals surface area contributed by atoms with Crippen LogP contribution in [0.5, 0.6) is 0 Å². The molecule has 1 aliphatic heterocycles. The van der Waals surface area contributed by atoms with Crippen LogP contribution >= 0.6 is 0 Å². The fourth-order valence-corrected chi connectivity index (χ4v) is 5.38. The summed E-state index contributed by atoms with van der Waals surface area (Å²) in [4.78, 5) is 25.3. The van der Waals surface area contributed by atoms with Crippen molar-refractivity contribution in [1.82, 2.24) is 9.78 Å². The van der Waals surface area contributed by atoms with Crippen molar-refractivity contribution in [2.75, 3.05) is 0 Å². The van der Waals surface area contributed by atoms with E-state index in [0.29, 0.717) is 19.3 Å². The van der Waals surface area contributed by atoms with Gasteiger partial charge in [-0.25, -0.2) is 9.07 Å². The number of esters is 2. The zero-order valence-electron chi connectivity index (χ0n) is 19.1. The largest absolute Gasteiger partial charge is 0.423 e. The number of hydrogen-bond donors (Lipinski definition) is 0. The van der Waals surface area contributed by atoms with Crippen LogP contribution in [0.15, 0.2) is 47.7 Å². The van der Waals surface area contributed by atoms with Crippen molar-refractivity contribution in [3.8, 4) is 5.69 Å². The first-order valence-corrected chi connectivity index (χ1v) is 11.4. The molecule has 0 N–H and O–H groups in total. The van der Waals surface area contributed by atoms with E-state index in [1.165, 1.54) is 17.7 Å². The molecular weight excluding hydrogens is 423 g/mol. The minimum atomic E-state index is -1.29. The van der Waals surface area contributed by atoms with Gasteiger partial charge in [-0.05, 0) is 67.2 Å². The van der Waals surface area contributed by atoms with Crippen LogP contribution in [0, 0.1) is 17.2 Å². The SMILES string of the molecule is CC1(C)OC(=O)CC/C=C2\[C@@H](CCC3=Cc4c(cnn4-c4ccc(F)cc4)C[C@@]32C)C(=O)O1. The fourth-order valence-electron chi connectivity index (χ4n) is 5.38. The molecule has 7 heteroatoms. The molecule has 2 aliphatic carbocycles. The number of carbonyl (C=O) groups is 2. The molecule has 1 aromatic carbocycles. The van der Waals surface area contributed by atoms with Crippen LogP contribution in [0.3, 0.4) is 0 Å². The maximum Gasteiger partial charge on any atom is 0.316 e. The van der Waals surface area contributed by atoms with Crippen molar-refractivity contribution < 1.29 is 23.5 Å². The van der Waals surface area contributed by atoms with Gasteiger partial charge in [0.2, 0.25) is 0 Å². The molecule has 0 unspecified atom stereocenters. The molecule has 33 heavy (non-hydrogen) atoms. The number of hydrogen-bond acceptors (Lipinski definition) is 5. The Morgan fingerprint density at radius 2 is 1.85 bits per heavy atom. The molecule has 1 fully saturated rings. The lowest BCUT2D eigenvalue weighted by Crippen LogP contribution is -2.42. The number of carbonyl (C=O) groups excluding carboxylic acids is 2. The predicted octanol–water partition coefficient (Wildman–Crippen LogP) is 4.91. The number of fused-ring (bicyclic) bond motifs is 4. The lowest BCUT2D eigenvalue weighted by Gasteiger charge is -2.45. The van der Waals surface area contributed by atoms with Gasteiger partial charge in [0, 0.05) is 25.7 Å². The van der Waals surface area contributed by atoms with Gasteiger partial charge in [-0.3, -0.25) is 9.59 Å². The van der Waals surface area contributed by atoms with Crippen molar-refractivity contribution in [3.05, 3.63) is 64.8 Å². The predicted molar refractivity (Wildman–Crippen MR) is 120 cm³/mol. The Morgan fingerprint density at radius 3 is 2.61 bits per heavy atom. The molecule has 0 saturated heterocycles. The zero-order valence-corrected chi connectivity index (χ0v) is 19.1. The highest BCUT2D eigenvalue weighted by molar-refractivity contribution is 5.79. The molecule has 0 spiro atoms. The first kappa shape index (κ1) is 21.6. The summed E-state index contributed by atoms with van der Waals surface area (Å²) in [6.07, 6.45) is 8.87. The van der Waals surface area contributed by atoms with Gasteiger partial charge in [-0.15, -0.1) is 0 Å². The topological polar surface area (TPSA) is 70.4 Å². The summed E-state index contributed by atoms with van der Waals surface area (Å²) >= 11 is 0. The number of rotatable bonds is 1. The average molecular weight is 451 g/mol. The van der Waals surface area contributed by atoms with Crippen LogP contribution in [0.4, 0.5) is 4.39 Å². The summed E-state index contributed by atoms with van der Waals surface area (Å²) < 4.78 is 26.2. The maximum atomic E-state index is 13.4. The van der Waals surface area contributed by atoms with Gasteiger partial charge in [-0.2, -0.15) is 5.10 Å². The van der Waals surface area contributed by atoms with Crippen molar-refractivity contribution in [1.29, 1.82) is 0 Å². The molecule has 3 aliphatic rings. The summed E-state index contributed by atoms with van der Waals surface area (Å²) in [6.45, 7) is 5.36. The van der Waals surface area contributed by atoms with Gasteiger partial charge in [-0.1, -0.05) is 18.6 Å². The van der Waals surface area contributed by atoms with E-state index in [4.69, 9.17) is 9.47 Å². The number of cyclic esters (lactones) is 2.